The van der Waals surface area contributed by atoms with Crippen molar-refractivity contribution in [1.82, 2.24) is 9.80 Å². The molecule has 2 N–H and O–H groups in total. The second-order valence-corrected chi connectivity index (χ2v) is 4.31. The molecule has 2 aliphatic rings. The summed E-state index contributed by atoms with van der Waals surface area (Å²) in [5, 5.41) is 18.3. The average molecular weight is 200 g/mol. The Bertz CT molecular complexity index is 181. The van der Waals surface area contributed by atoms with Gasteiger partial charge in [0, 0.05) is 38.8 Å². The molecule has 1 saturated carbocycles. The Morgan fingerprint density at radius 3 is 2.21 bits per heavy atom. The first kappa shape index (κ1) is 10.4. The van der Waals surface area contributed by atoms with Gasteiger partial charge in [0.05, 0.1) is 12.7 Å². The smallest absolute Gasteiger partial charge is 0.0696 e. The van der Waals surface area contributed by atoms with E-state index in [0.717, 1.165) is 45.6 Å². The number of nitrogens with zero attached hydrogens (tertiary/aromatic N) is 2. The average Bonchev–Trinajstić information content (AvgIpc) is 2.19. The molecule has 0 bridgehead atoms. The van der Waals surface area contributed by atoms with Crippen LogP contribution in [-0.2, 0) is 0 Å². The van der Waals surface area contributed by atoms with Crippen LogP contribution in [0.1, 0.15) is 12.8 Å². The SMILES string of the molecule is OCCN1CCN([C@@H]2CC[C@H]2O)CC1. The topological polar surface area (TPSA) is 46.9 Å². The van der Waals surface area contributed by atoms with Gasteiger partial charge in [0.2, 0.25) is 0 Å². The summed E-state index contributed by atoms with van der Waals surface area (Å²) >= 11 is 0. The van der Waals surface area contributed by atoms with Crippen LogP contribution >= 0.6 is 0 Å². The zero-order valence-electron chi connectivity index (χ0n) is 8.60. The highest BCUT2D eigenvalue weighted by Gasteiger charge is 2.35. The van der Waals surface area contributed by atoms with Crippen LogP contribution in [0.2, 0.25) is 0 Å². The molecule has 14 heavy (non-hydrogen) atoms. The van der Waals surface area contributed by atoms with Gasteiger partial charge in [-0.05, 0) is 12.8 Å². The predicted molar refractivity (Wildman–Crippen MR) is 54.1 cm³/mol. The summed E-state index contributed by atoms with van der Waals surface area (Å²) in [6, 6.07) is 0.422. The standard InChI is InChI=1S/C10H20N2O2/c13-8-7-11-3-5-12(6-4-11)9-1-2-10(9)14/h9-10,13-14H,1-8H2/t9-,10-/m1/s1. The number of hydrogen-bond donors (Lipinski definition) is 2. The molecule has 1 heterocycles. The largest absolute Gasteiger partial charge is 0.395 e. The van der Waals surface area contributed by atoms with Gasteiger partial charge in [0.15, 0.2) is 0 Å². The number of piperazine rings is 1. The Morgan fingerprint density at radius 1 is 1.07 bits per heavy atom. The molecule has 2 rings (SSSR count). The highest BCUT2D eigenvalue weighted by Crippen LogP contribution is 2.26. The van der Waals surface area contributed by atoms with E-state index in [-0.39, 0.29) is 12.7 Å². The summed E-state index contributed by atoms with van der Waals surface area (Å²) in [5.74, 6) is 0. The molecule has 2 fully saturated rings. The third-order valence-electron chi connectivity index (χ3n) is 3.49. The van der Waals surface area contributed by atoms with E-state index in [9.17, 15) is 5.11 Å². The van der Waals surface area contributed by atoms with Crippen LogP contribution in [0.5, 0.6) is 0 Å². The lowest BCUT2D eigenvalue weighted by atomic mass is 9.87. The van der Waals surface area contributed by atoms with Gasteiger partial charge >= 0.3 is 0 Å². The number of aliphatic hydroxyl groups is 2. The number of rotatable bonds is 3. The Labute approximate surface area is 85.1 Å². The van der Waals surface area contributed by atoms with Crippen LogP contribution in [0, 0.1) is 0 Å². The van der Waals surface area contributed by atoms with Gasteiger partial charge in [0.25, 0.3) is 0 Å². The first-order valence-corrected chi connectivity index (χ1v) is 5.56. The lowest BCUT2D eigenvalue weighted by Gasteiger charge is -2.45. The monoisotopic (exact) mass is 200 g/mol. The van der Waals surface area contributed by atoms with Crippen LogP contribution in [0.25, 0.3) is 0 Å². The first-order chi connectivity index (χ1) is 6.81. The lowest BCUT2D eigenvalue weighted by Crippen LogP contribution is -2.57. The molecule has 0 amide bonds. The van der Waals surface area contributed by atoms with Crippen molar-refractivity contribution < 1.29 is 10.2 Å². The van der Waals surface area contributed by atoms with E-state index >= 15 is 0 Å². The maximum Gasteiger partial charge on any atom is 0.0696 e. The third kappa shape index (κ3) is 2.08. The minimum absolute atomic E-state index is 0.0839. The van der Waals surface area contributed by atoms with Gasteiger partial charge in [-0.15, -0.1) is 0 Å². The van der Waals surface area contributed by atoms with Crippen LogP contribution < -0.4 is 0 Å². The van der Waals surface area contributed by atoms with Gasteiger partial charge < -0.3 is 10.2 Å². The number of aliphatic hydroxyl groups excluding tert-OH is 2. The quantitative estimate of drug-likeness (QED) is 0.621. The summed E-state index contributed by atoms with van der Waals surface area (Å²) in [7, 11) is 0. The molecule has 1 aliphatic heterocycles. The molecule has 0 spiro atoms. The van der Waals surface area contributed by atoms with E-state index in [1.54, 1.807) is 0 Å². The zero-order chi connectivity index (χ0) is 9.97. The Morgan fingerprint density at radius 2 is 1.79 bits per heavy atom. The molecular formula is C10H20N2O2. The van der Waals surface area contributed by atoms with E-state index in [4.69, 9.17) is 5.11 Å². The molecule has 0 radical (unpaired) electrons. The predicted octanol–water partition coefficient (Wildman–Crippen LogP) is -0.880. The van der Waals surface area contributed by atoms with Crippen molar-refractivity contribution in [2.24, 2.45) is 0 Å². The van der Waals surface area contributed by atoms with Crippen molar-refractivity contribution in [3.63, 3.8) is 0 Å². The van der Waals surface area contributed by atoms with Gasteiger partial charge in [-0.1, -0.05) is 0 Å². The molecule has 1 aliphatic carbocycles. The fourth-order valence-corrected chi connectivity index (χ4v) is 2.35. The fraction of sp³-hybridized carbons (Fsp3) is 1.00. The van der Waals surface area contributed by atoms with Crippen LogP contribution in [-0.4, -0.2) is 71.5 Å². The minimum Gasteiger partial charge on any atom is -0.395 e. The van der Waals surface area contributed by atoms with Gasteiger partial charge in [-0.25, -0.2) is 0 Å². The Kier molecular flexibility index (Phi) is 3.38. The molecule has 1 saturated heterocycles. The number of hydrogen-bond acceptors (Lipinski definition) is 4. The summed E-state index contributed by atoms with van der Waals surface area (Å²) in [4.78, 5) is 4.67. The molecule has 0 aromatic rings. The highest BCUT2D eigenvalue weighted by molar-refractivity contribution is 4.90. The van der Waals surface area contributed by atoms with E-state index in [0.29, 0.717) is 6.04 Å². The van der Waals surface area contributed by atoms with E-state index < -0.39 is 0 Å². The molecule has 4 nitrogen and oxygen atoms in total. The van der Waals surface area contributed by atoms with Crippen molar-refractivity contribution in [1.29, 1.82) is 0 Å². The van der Waals surface area contributed by atoms with Crippen molar-refractivity contribution in [3.8, 4) is 0 Å². The Balaban J connectivity index is 1.73. The van der Waals surface area contributed by atoms with E-state index in [2.05, 4.69) is 9.80 Å². The third-order valence-corrected chi connectivity index (χ3v) is 3.49. The first-order valence-electron chi connectivity index (χ1n) is 5.56. The maximum atomic E-state index is 9.53. The summed E-state index contributed by atoms with van der Waals surface area (Å²) < 4.78 is 0. The zero-order valence-corrected chi connectivity index (χ0v) is 8.60. The molecule has 2 atom stereocenters. The van der Waals surface area contributed by atoms with Crippen molar-refractivity contribution >= 4 is 0 Å². The summed E-state index contributed by atoms with van der Waals surface area (Å²) in [6.07, 6.45) is 2.04. The minimum atomic E-state index is -0.0839. The molecule has 0 unspecified atom stereocenters. The van der Waals surface area contributed by atoms with Crippen molar-refractivity contribution in [2.45, 2.75) is 25.0 Å². The lowest BCUT2D eigenvalue weighted by molar-refractivity contribution is -0.0399. The van der Waals surface area contributed by atoms with Crippen molar-refractivity contribution in [2.75, 3.05) is 39.3 Å². The fourth-order valence-electron chi connectivity index (χ4n) is 2.35. The second kappa shape index (κ2) is 4.57. The van der Waals surface area contributed by atoms with Gasteiger partial charge in [-0.2, -0.15) is 0 Å². The maximum absolute atomic E-state index is 9.53. The van der Waals surface area contributed by atoms with Crippen LogP contribution in [0.4, 0.5) is 0 Å². The van der Waals surface area contributed by atoms with E-state index in [1.165, 1.54) is 0 Å². The van der Waals surface area contributed by atoms with Crippen molar-refractivity contribution in [3.05, 3.63) is 0 Å². The number of β-amino-alcohol motifs (C(OH)–C–C–N with tert-alkyl or cyclic N) is 1. The second-order valence-electron chi connectivity index (χ2n) is 4.31. The molecular weight excluding hydrogens is 180 g/mol. The van der Waals surface area contributed by atoms with Crippen LogP contribution in [0.15, 0.2) is 0 Å². The molecule has 0 aromatic carbocycles. The molecule has 0 aromatic heterocycles. The van der Waals surface area contributed by atoms with Gasteiger partial charge in [0.1, 0.15) is 0 Å². The van der Waals surface area contributed by atoms with Crippen LogP contribution in [0.3, 0.4) is 0 Å². The summed E-state index contributed by atoms with van der Waals surface area (Å²) in [5.41, 5.74) is 0. The summed E-state index contributed by atoms with van der Waals surface area (Å²) in [6.45, 7) is 5.20. The Hall–Kier alpha value is -0.160. The van der Waals surface area contributed by atoms with E-state index in [1.807, 2.05) is 0 Å². The highest BCUT2D eigenvalue weighted by atomic mass is 16.3. The molecule has 82 valence electrons. The van der Waals surface area contributed by atoms with Gasteiger partial charge in [-0.3, -0.25) is 9.80 Å². The molecule has 4 heteroatoms. The normalized spacial score (nSPS) is 35.6.